The van der Waals surface area contributed by atoms with Crippen molar-refractivity contribution in [2.75, 3.05) is 0 Å². The molecule has 0 atom stereocenters. The van der Waals surface area contributed by atoms with Gasteiger partial charge >= 0.3 is 0 Å². The molecule has 0 amide bonds. The summed E-state index contributed by atoms with van der Waals surface area (Å²) in [6.07, 6.45) is 0. The smallest absolute Gasteiger partial charge is 0.0420 e. The molecule has 1 heteroatoms. The normalized spacial score (nSPS) is 8.44. The van der Waals surface area contributed by atoms with Gasteiger partial charge in [-0.1, -0.05) is 24.8 Å². The second kappa shape index (κ2) is 2.29. The van der Waals surface area contributed by atoms with E-state index in [1.165, 1.54) is 0 Å². The lowest BCUT2D eigenvalue weighted by atomic mass is 10.3. The average molecular weight is 117 g/mol. The van der Waals surface area contributed by atoms with E-state index in [1.54, 1.807) is 0 Å². The van der Waals surface area contributed by atoms with Crippen LogP contribution >= 0.6 is 0 Å². The van der Waals surface area contributed by atoms with Crippen LogP contribution in [0.25, 0.3) is 6.58 Å². The van der Waals surface area contributed by atoms with Crippen LogP contribution in [0.15, 0.2) is 24.3 Å². The van der Waals surface area contributed by atoms with Gasteiger partial charge in [0.15, 0.2) is 0 Å². The van der Waals surface area contributed by atoms with E-state index < -0.39 is 0 Å². The van der Waals surface area contributed by atoms with Gasteiger partial charge in [-0.3, -0.25) is 5.41 Å². The van der Waals surface area contributed by atoms with E-state index in [1.807, 2.05) is 24.3 Å². The molecule has 0 saturated heterocycles. The Morgan fingerprint density at radius 1 is 1.33 bits per heavy atom. The van der Waals surface area contributed by atoms with Crippen molar-refractivity contribution >= 4 is 12.4 Å². The monoisotopic (exact) mass is 117 g/mol. The Morgan fingerprint density at radius 2 is 2.00 bits per heavy atom. The molecule has 0 bridgehead atoms. The maximum atomic E-state index is 6.79. The highest BCUT2D eigenvalue weighted by Crippen LogP contribution is 1.65. The summed E-state index contributed by atoms with van der Waals surface area (Å²) in [5.74, 6) is 2.28. The first kappa shape index (κ1) is 5.80. The quantitative estimate of drug-likeness (QED) is 0.463. The summed E-state index contributed by atoms with van der Waals surface area (Å²) in [5.41, 5.74) is 0. The number of hydrogen-bond acceptors (Lipinski definition) is 1. The van der Waals surface area contributed by atoms with E-state index in [-0.39, 0.29) is 0 Å². The third kappa shape index (κ3) is 1.07. The third-order valence-electron chi connectivity index (χ3n) is 1.15. The molecule has 0 aliphatic carbocycles. The summed E-state index contributed by atoms with van der Waals surface area (Å²) in [4.78, 5) is 0. The van der Waals surface area contributed by atoms with E-state index >= 15 is 0 Å². The van der Waals surface area contributed by atoms with Gasteiger partial charge in [0.2, 0.25) is 0 Å². The van der Waals surface area contributed by atoms with Gasteiger partial charge in [-0.25, -0.2) is 0 Å². The molecule has 1 aromatic rings. The Hall–Kier alpha value is -1.33. The largest absolute Gasteiger partial charge is 0.258 e. The highest BCUT2D eigenvalue weighted by atomic mass is 14.3. The van der Waals surface area contributed by atoms with Crippen LogP contribution in [0, 0.1) is 5.41 Å². The van der Waals surface area contributed by atoms with Crippen LogP contribution in [0.2, 0.25) is 0 Å². The van der Waals surface area contributed by atoms with Gasteiger partial charge in [-0.15, -0.1) is 0 Å². The number of hydrogen-bond donors (Lipinski definition) is 1. The first-order valence-electron chi connectivity index (χ1n) is 2.68. The molecule has 0 heterocycles. The summed E-state index contributed by atoms with van der Waals surface area (Å²) in [7, 11) is 0. The topological polar surface area (TPSA) is 23.9 Å². The van der Waals surface area contributed by atoms with Gasteiger partial charge in [0, 0.05) is 5.22 Å². The molecular formula is C8H7N. The van der Waals surface area contributed by atoms with E-state index in [4.69, 9.17) is 5.41 Å². The van der Waals surface area contributed by atoms with Crippen molar-refractivity contribution in [2.45, 2.75) is 0 Å². The van der Waals surface area contributed by atoms with Gasteiger partial charge in [-0.2, -0.15) is 0 Å². The van der Waals surface area contributed by atoms with Crippen LogP contribution in [0.5, 0.6) is 0 Å². The average Bonchev–Trinajstić information content (AvgIpc) is 1.89. The Balaban J connectivity index is 3.73. The zero-order valence-corrected chi connectivity index (χ0v) is 5.02. The Morgan fingerprint density at radius 3 is 2.44 bits per heavy atom. The van der Waals surface area contributed by atoms with Crippen LogP contribution in [0.1, 0.15) is 0 Å². The van der Waals surface area contributed by atoms with E-state index in [9.17, 15) is 0 Å². The summed E-state index contributed by atoms with van der Waals surface area (Å²) >= 11 is 0. The highest BCUT2D eigenvalue weighted by Gasteiger charge is 1.74. The molecule has 0 saturated carbocycles. The van der Waals surface area contributed by atoms with E-state index in [0.29, 0.717) is 0 Å². The van der Waals surface area contributed by atoms with Crippen molar-refractivity contribution in [3.63, 3.8) is 0 Å². The SMILES string of the molecule is C=c1ccccc1=C=N. The standard InChI is InChI=1S/C8H7N/c1-7-4-2-3-5-8(7)6-9/h2-5,9H,1H2. The number of nitrogens with one attached hydrogen (secondary N) is 1. The molecular weight excluding hydrogens is 110 g/mol. The van der Waals surface area contributed by atoms with Gasteiger partial charge in [0.05, 0.1) is 0 Å². The van der Waals surface area contributed by atoms with Crippen molar-refractivity contribution in [3.05, 3.63) is 34.7 Å². The zero-order chi connectivity index (χ0) is 6.69. The molecule has 1 aromatic carbocycles. The summed E-state index contributed by atoms with van der Waals surface area (Å²) in [6.45, 7) is 3.71. The lowest BCUT2D eigenvalue weighted by Crippen LogP contribution is -2.22. The third-order valence-corrected chi connectivity index (χ3v) is 1.15. The highest BCUT2D eigenvalue weighted by molar-refractivity contribution is 5.48. The lowest BCUT2D eigenvalue weighted by molar-refractivity contribution is 1.51. The molecule has 0 spiro atoms. The summed E-state index contributed by atoms with van der Waals surface area (Å²) in [6, 6.07) is 7.43. The first-order valence-corrected chi connectivity index (χ1v) is 2.68. The van der Waals surface area contributed by atoms with Crippen LogP contribution in [-0.2, 0) is 0 Å². The molecule has 1 rings (SSSR count). The number of rotatable bonds is 0. The second-order valence-corrected chi connectivity index (χ2v) is 1.78. The maximum Gasteiger partial charge on any atom is 0.0420 e. The van der Waals surface area contributed by atoms with Crippen LogP contribution < -0.4 is 10.4 Å². The van der Waals surface area contributed by atoms with Gasteiger partial charge in [-0.05, 0) is 17.2 Å². The molecule has 0 aliphatic rings. The minimum Gasteiger partial charge on any atom is -0.258 e. The molecule has 1 N–H and O–H groups in total. The molecule has 1 nitrogen and oxygen atoms in total. The first-order chi connectivity index (χ1) is 4.34. The summed E-state index contributed by atoms with van der Waals surface area (Å²) in [5, 5.41) is 8.41. The van der Waals surface area contributed by atoms with Crippen molar-refractivity contribution in [1.82, 2.24) is 0 Å². The molecule has 0 aromatic heterocycles. The molecule has 0 unspecified atom stereocenters. The van der Waals surface area contributed by atoms with Crippen molar-refractivity contribution in [3.8, 4) is 0 Å². The Labute approximate surface area is 53.5 Å². The fourth-order valence-corrected chi connectivity index (χ4v) is 0.642. The zero-order valence-electron chi connectivity index (χ0n) is 5.02. The number of benzene rings is 1. The Kier molecular flexibility index (Phi) is 1.48. The van der Waals surface area contributed by atoms with Crippen molar-refractivity contribution in [2.24, 2.45) is 0 Å². The van der Waals surface area contributed by atoms with Crippen molar-refractivity contribution < 1.29 is 0 Å². The maximum absolute atomic E-state index is 6.79. The molecule has 9 heavy (non-hydrogen) atoms. The van der Waals surface area contributed by atoms with Gasteiger partial charge in [0.25, 0.3) is 0 Å². The van der Waals surface area contributed by atoms with Gasteiger partial charge in [0.1, 0.15) is 0 Å². The predicted octanol–water partition coefficient (Wildman–Crippen LogP) is 0.0170. The lowest BCUT2D eigenvalue weighted by Gasteiger charge is -1.79. The summed E-state index contributed by atoms with van der Waals surface area (Å²) < 4.78 is 0. The molecule has 0 fully saturated rings. The molecule has 0 radical (unpaired) electrons. The van der Waals surface area contributed by atoms with Crippen LogP contribution in [-0.4, -0.2) is 5.87 Å². The fourth-order valence-electron chi connectivity index (χ4n) is 0.642. The Bertz CT molecular complexity index is 321. The van der Waals surface area contributed by atoms with Crippen LogP contribution in [0.3, 0.4) is 0 Å². The minimum atomic E-state index is 0.762. The minimum absolute atomic E-state index is 0.762. The van der Waals surface area contributed by atoms with Gasteiger partial charge < -0.3 is 0 Å². The van der Waals surface area contributed by atoms with Crippen molar-refractivity contribution in [1.29, 1.82) is 5.41 Å². The van der Waals surface area contributed by atoms with E-state index in [2.05, 4.69) is 12.4 Å². The fraction of sp³-hybridized carbons (Fsp3) is 0. The molecule has 44 valence electrons. The predicted molar refractivity (Wildman–Crippen MR) is 38.0 cm³/mol. The molecule has 0 aliphatic heterocycles. The van der Waals surface area contributed by atoms with E-state index in [0.717, 1.165) is 10.4 Å². The van der Waals surface area contributed by atoms with Crippen LogP contribution in [0.4, 0.5) is 0 Å². The second-order valence-electron chi connectivity index (χ2n) is 1.78.